The van der Waals surface area contributed by atoms with Gasteiger partial charge in [0.1, 0.15) is 5.75 Å². The van der Waals surface area contributed by atoms with Crippen molar-refractivity contribution in [2.75, 3.05) is 12.3 Å². The number of halogens is 1. The minimum absolute atomic E-state index is 0.158. The molecule has 0 aliphatic carbocycles. The number of hydrogen-bond acceptors (Lipinski definition) is 3. The molecule has 0 aliphatic heterocycles. The van der Waals surface area contributed by atoms with Crippen LogP contribution in [-0.2, 0) is 0 Å². The second-order valence-electron chi connectivity index (χ2n) is 4.63. The highest BCUT2D eigenvalue weighted by atomic mass is 35.5. The van der Waals surface area contributed by atoms with Gasteiger partial charge in [-0.25, -0.2) is 0 Å². The van der Waals surface area contributed by atoms with E-state index in [0.29, 0.717) is 34.3 Å². The fourth-order valence-corrected chi connectivity index (χ4v) is 1.95. The van der Waals surface area contributed by atoms with Gasteiger partial charge in [-0.05, 0) is 55.8 Å². The lowest BCUT2D eigenvalue weighted by Gasteiger charge is -2.11. The molecule has 0 aliphatic rings. The van der Waals surface area contributed by atoms with Crippen molar-refractivity contribution < 1.29 is 9.53 Å². The van der Waals surface area contributed by atoms with Gasteiger partial charge in [0.2, 0.25) is 0 Å². The van der Waals surface area contributed by atoms with E-state index in [1.165, 1.54) is 0 Å². The maximum Gasteiger partial charge on any atom is 0.251 e. The SMILES string of the molecule is CCNC(=O)c1ccc(N)c(Oc2ccc(Cl)c(C)c2)c1. The van der Waals surface area contributed by atoms with Gasteiger partial charge in [-0.1, -0.05) is 11.6 Å². The lowest BCUT2D eigenvalue weighted by molar-refractivity contribution is 0.0955. The summed E-state index contributed by atoms with van der Waals surface area (Å²) in [5, 5.41) is 3.41. The maximum atomic E-state index is 11.8. The van der Waals surface area contributed by atoms with E-state index in [-0.39, 0.29) is 5.91 Å². The van der Waals surface area contributed by atoms with Crippen LogP contribution in [0.1, 0.15) is 22.8 Å². The van der Waals surface area contributed by atoms with Gasteiger partial charge in [0.05, 0.1) is 5.69 Å². The van der Waals surface area contributed by atoms with Crippen molar-refractivity contribution in [3.05, 3.63) is 52.5 Å². The molecule has 2 aromatic rings. The summed E-state index contributed by atoms with van der Waals surface area (Å²) in [5.74, 6) is 0.909. The number of carbonyl (C=O) groups excluding carboxylic acids is 1. The summed E-state index contributed by atoms with van der Waals surface area (Å²) in [6.45, 7) is 4.32. The van der Waals surface area contributed by atoms with E-state index >= 15 is 0 Å². The molecule has 0 spiro atoms. The number of carbonyl (C=O) groups is 1. The lowest BCUT2D eigenvalue weighted by Crippen LogP contribution is -2.22. The van der Waals surface area contributed by atoms with E-state index in [0.717, 1.165) is 5.56 Å². The van der Waals surface area contributed by atoms with E-state index in [1.54, 1.807) is 30.3 Å². The van der Waals surface area contributed by atoms with Gasteiger partial charge >= 0.3 is 0 Å². The normalized spacial score (nSPS) is 10.2. The number of amides is 1. The Hall–Kier alpha value is -2.20. The zero-order valence-corrected chi connectivity index (χ0v) is 12.7. The van der Waals surface area contributed by atoms with Crippen LogP contribution >= 0.6 is 11.6 Å². The zero-order chi connectivity index (χ0) is 15.4. The third-order valence-corrected chi connectivity index (χ3v) is 3.39. The molecule has 3 N–H and O–H groups in total. The van der Waals surface area contributed by atoms with Crippen molar-refractivity contribution in [3.63, 3.8) is 0 Å². The predicted molar refractivity (Wildman–Crippen MR) is 85.1 cm³/mol. The van der Waals surface area contributed by atoms with Gasteiger partial charge in [0.25, 0.3) is 5.91 Å². The Morgan fingerprint density at radius 3 is 2.71 bits per heavy atom. The van der Waals surface area contributed by atoms with Crippen LogP contribution in [0, 0.1) is 6.92 Å². The van der Waals surface area contributed by atoms with E-state index in [9.17, 15) is 4.79 Å². The van der Waals surface area contributed by atoms with Crippen LogP contribution in [0.4, 0.5) is 5.69 Å². The highest BCUT2D eigenvalue weighted by molar-refractivity contribution is 6.31. The minimum Gasteiger partial charge on any atom is -0.455 e. The summed E-state index contributed by atoms with van der Waals surface area (Å²) in [6.07, 6.45) is 0. The molecule has 21 heavy (non-hydrogen) atoms. The molecule has 0 atom stereocenters. The van der Waals surface area contributed by atoms with Crippen molar-refractivity contribution in [2.24, 2.45) is 0 Å². The number of nitrogens with two attached hydrogens (primary N) is 1. The molecule has 0 fully saturated rings. The Labute approximate surface area is 128 Å². The predicted octanol–water partition coefficient (Wildman–Crippen LogP) is 3.77. The molecule has 110 valence electrons. The Morgan fingerprint density at radius 2 is 2.05 bits per heavy atom. The fourth-order valence-electron chi connectivity index (χ4n) is 1.83. The molecule has 2 aromatic carbocycles. The first-order valence-electron chi connectivity index (χ1n) is 6.63. The first-order chi connectivity index (χ1) is 10.0. The van der Waals surface area contributed by atoms with Crippen molar-refractivity contribution in [1.82, 2.24) is 5.32 Å². The van der Waals surface area contributed by atoms with Crippen molar-refractivity contribution in [2.45, 2.75) is 13.8 Å². The van der Waals surface area contributed by atoms with Gasteiger partial charge in [0, 0.05) is 17.1 Å². The van der Waals surface area contributed by atoms with Crippen LogP contribution in [0.25, 0.3) is 0 Å². The molecule has 0 bridgehead atoms. The number of rotatable bonds is 4. The van der Waals surface area contributed by atoms with Crippen LogP contribution in [0.2, 0.25) is 5.02 Å². The Bertz CT molecular complexity index is 671. The van der Waals surface area contributed by atoms with Crippen LogP contribution in [0.5, 0.6) is 11.5 Å². The summed E-state index contributed by atoms with van der Waals surface area (Å²) in [7, 11) is 0. The number of nitrogens with one attached hydrogen (secondary N) is 1. The van der Waals surface area contributed by atoms with E-state index in [1.807, 2.05) is 19.9 Å². The number of benzene rings is 2. The van der Waals surface area contributed by atoms with Crippen LogP contribution < -0.4 is 15.8 Å². The van der Waals surface area contributed by atoms with Crippen molar-refractivity contribution >= 4 is 23.2 Å². The molecule has 2 rings (SSSR count). The molecule has 0 unspecified atom stereocenters. The molecule has 1 amide bonds. The maximum absolute atomic E-state index is 11.8. The summed E-state index contributed by atoms with van der Waals surface area (Å²) in [6, 6.07) is 10.3. The van der Waals surface area contributed by atoms with Crippen LogP contribution in [-0.4, -0.2) is 12.5 Å². The monoisotopic (exact) mass is 304 g/mol. The Balaban J connectivity index is 2.28. The smallest absolute Gasteiger partial charge is 0.251 e. The molecule has 0 saturated carbocycles. The third kappa shape index (κ3) is 3.67. The van der Waals surface area contributed by atoms with Gasteiger partial charge in [0.15, 0.2) is 5.75 Å². The second kappa shape index (κ2) is 6.50. The van der Waals surface area contributed by atoms with Gasteiger partial charge in [-0.3, -0.25) is 4.79 Å². The number of ether oxygens (including phenoxy) is 1. The summed E-state index contributed by atoms with van der Waals surface area (Å²) >= 11 is 5.98. The Kier molecular flexibility index (Phi) is 4.70. The second-order valence-corrected chi connectivity index (χ2v) is 5.03. The van der Waals surface area contributed by atoms with Crippen LogP contribution in [0.15, 0.2) is 36.4 Å². The van der Waals surface area contributed by atoms with E-state index in [4.69, 9.17) is 22.1 Å². The molecular formula is C16H17ClN2O2. The molecule has 5 heteroatoms. The fraction of sp³-hybridized carbons (Fsp3) is 0.188. The summed E-state index contributed by atoms with van der Waals surface area (Å²) in [4.78, 5) is 11.8. The number of nitrogen functional groups attached to an aromatic ring is 1. The molecule has 0 saturated heterocycles. The van der Waals surface area contributed by atoms with E-state index < -0.39 is 0 Å². The highest BCUT2D eigenvalue weighted by Crippen LogP contribution is 2.30. The number of anilines is 1. The summed E-state index contributed by atoms with van der Waals surface area (Å²) < 4.78 is 5.75. The molecule has 0 aromatic heterocycles. The third-order valence-electron chi connectivity index (χ3n) is 2.97. The van der Waals surface area contributed by atoms with E-state index in [2.05, 4.69) is 5.32 Å². The molecule has 0 heterocycles. The zero-order valence-electron chi connectivity index (χ0n) is 11.9. The highest BCUT2D eigenvalue weighted by Gasteiger charge is 2.10. The number of hydrogen-bond donors (Lipinski definition) is 2. The quantitative estimate of drug-likeness (QED) is 0.845. The Morgan fingerprint density at radius 1 is 1.29 bits per heavy atom. The van der Waals surface area contributed by atoms with Gasteiger partial charge < -0.3 is 15.8 Å². The number of aryl methyl sites for hydroxylation is 1. The first kappa shape index (κ1) is 15.2. The minimum atomic E-state index is -0.158. The van der Waals surface area contributed by atoms with Gasteiger partial charge in [-0.2, -0.15) is 0 Å². The molecule has 4 nitrogen and oxygen atoms in total. The average Bonchev–Trinajstić information content (AvgIpc) is 2.45. The topological polar surface area (TPSA) is 64.4 Å². The van der Waals surface area contributed by atoms with Gasteiger partial charge in [-0.15, -0.1) is 0 Å². The van der Waals surface area contributed by atoms with Crippen LogP contribution in [0.3, 0.4) is 0 Å². The summed E-state index contributed by atoms with van der Waals surface area (Å²) in [5.41, 5.74) is 7.78. The molecular weight excluding hydrogens is 288 g/mol. The molecule has 0 radical (unpaired) electrons. The largest absolute Gasteiger partial charge is 0.455 e. The van der Waals surface area contributed by atoms with Crippen molar-refractivity contribution in [3.8, 4) is 11.5 Å². The lowest BCUT2D eigenvalue weighted by atomic mass is 10.1. The first-order valence-corrected chi connectivity index (χ1v) is 7.00. The van der Waals surface area contributed by atoms with Crippen molar-refractivity contribution in [1.29, 1.82) is 0 Å². The standard InChI is InChI=1S/C16H17ClN2O2/c1-3-19-16(20)11-4-7-14(18)15(9-11)21-12-5-6-13(17)10(2)8-12/h4-9H,3,18H2,1-2H3,(H,19,20). The average molecular weight is 305 g/mol.